The van der Waals surface area contributed by atoms with Gasteiger partial charge in [0.2, 0.25) is 0 Å². The molecule has 1 aliphatic carbocycles. The first-order valence-corrected chi connectivity index (χ1v) is 7.66. The summed E-state index contributed by atoms with van der Waals surface area (Å²) >= 11 is 0. The minimum Gasteiger partial charge on any atom is -0.481 e. The van der Waals surface area contributed by atoms with Crippen LogP contribution in [0.5, 0.6) is 0 Å². The molecular weight excluding hydrogens is 256 g/mol. The molecule has 0 aliphatic heterocycles. The topological polar surface area (TPSA) is 69.6 Å². The summed E-state index contributed by atoms with van der Waals surface area (Å²) in [5, 5.41) is 11.7. The molecule has 20 heavy (non-hydrogen) atoms. The maximum atomic E-state index is 12.1. The SMILES string of the molecule is CC1CCCC(CNC(=O)N(CCC(=O)O)C(C)C)C1. The van der Waals surface area contributed by atoms with Crippen molar-refractivity contribution < 1.29 is 14.7 Å². The first-order valence-electron chi connectivity index (χ1n) is 7.66. The molecule has 5 nitrogen and oxygen atoms in total. The molecule has 0 aromatic carbocycles. The quantitative estimate of drug-likeness (QED) is 0.788. The highest BCUT2D eigenvalue weighted by Crippen LogP contribution is 2.27. The van der Waals surface area contributed by atoms with Gasteiger partial charge in [0.05, 0.1) is 6.42 Å². The Morgan fingerprint density at radius 3 is 2.60 bits per heavy atom. The number of carbonyl (C=O) groups excluding carboxylic acids is 1. The van der Waals surface area contributed by atoms with Crippen molar-refractivity contribution in [2.45, 2.75) is 58.9 Å². The molecule has 0 bridgehead atoms. The number of urea groups is 1. The minimum absolute atomic E-state index is 0.00787. The number of carboxylic acids is 1. The summed E-state index contributed by atoms with van der Waals surface area (Å²) in [6, 6.07) is -0.126. The van der Waals surface area contributed by atoms with Crippen molar-refractivity contribution in [2.75, 3.05) is 13.1 Å². The van der Waals surface area contributed by atoms with Crippen LogP contribution in [0.2, 0.25) is 0 Å². The second-order valence-electron chi connectivity index (χ2n) is 6.25. The van der Waals surface area contributed by atoms with E-state index in [4.69, 9.17) is 5.11 Å². The molecule has 0 spiro atoms. The lowest BCUT2D eigenvalue weighted by atomic mass is 9.82. The van der Waals surface area contributed by atoms with Crippen LogP contribution in [0, 0.1) is 11.8 Å². The maximum absolute atomic E-state index is 12.1. The van der Waals surface area contributed by atoms with Gasteiger partial charge in [0.1, 0.15) is 0 Å². The molecule has 0 saturated heterocycles. The number of nitrogens with zero attached hydrogens (tertiary/aromatic N) is 1. The van der Waals surface area contributed by atoms with Crippen LogP contribution in [-0.4, -0.2) is 41.1 Å². The Morgan fingerprint density at radius 1 is 1.35 bits per heavy atom. The van der Waals surface area contributed by atoms with Gasteiger partial charge in [-0.2, -0.15) is 0 Å². The molecule has 1 rings (SSSR count). The summed E-state index contributed by atoms with van der Waals surface area (Å²) < 4.78 is 0. The van der Waals surface area contributed by atoms with Crippen LogP contribution >= 0.6 is 0 Å². The second-order valence-corrected chi connectivity index (χ2v) is 6.25. The summed E-state index contributed by atoms with van der Waals surface area (Å²) in [7, 11) is 0. The number of nitrogens with one attached hydrogen (secondary N) is 1. The fourth-order valence-electron chi connectivity index (χ4n) is 2.89. The van der Waals surface area contributed by atoms with Gasteiger partial charge in [0, 0.05) is 19.1 Å². The third-order valence-electron chi connectivity index (χ3n) is 4.04. The normalized spacial score (nSPS) is 22.6. The Balaban J connectivity index is 2.39. The molecule has 1 fully saturated rings. The van der Waals surface area contributed by atoms with E-state index >= 15 is 0 Å². The van der Waals surface area contributed by atoms with Gasteiger partial charge >= 0.3 is 12.0 Å². The fourth-order valence-corrected chi connectivity index (χ4v) is 2.89. The van der Waals surface area contributed by atoms with Crippen LogP contribution in [-0.2, 0) is 4.79 Å². The zero-order chi connectivity index (χ0) is 15.1. The molecule has 2 atom stereocenters. The highest BCUT2D eigenvalue weighted by molar-refractivity contribution is 5.75. The van der Waals surface area contributed by atoms with Crippen LogP contribution < -0.4 is 5.32 Å². The number of hydrogen-bond donors (Lipinski definition) is 2. The van der Waals surface area contributed by atoms with Gasteiger partial charge in [0.15, 0.2) is 0 Å². The van der Waals surface area contributed by atoms with Gasteiger partial charge in [-0.05, 0) is 38.5 Å². The van der Waals surface area contributed by atoms with Crippen molar-refractivity contribution in [1.82, 2.24) is 10.2 Å². The van der Waals surface area contributed by atoms with Crippen LogP contribution in [0.4, 0.5) is 4.79 Å². The van der Waals surface area contributed by atoms with Gasteiger partial charge in [-0.1, -0.05) is 19.8 Å². The molecule has 116 valence electrons. The predicted molar refractivity (Wildman–Crippen MR) is 78.6 cm³/mol. The third kappa shape index (κ3) is 5.80. The first kappa shape index (κ1) is 16.8. The predicted octanol–water partition coefficient (Wildman–Crippen LogP) is 2.71. The zero-order valence-electron chi connectivity index (χ0n) is 12.9. The standard InChI is InChI=1S/C15H28N2O3/c1-11(2)17(8-7-14(18)19)15(20)16-10-13-6-4-5-12(3)9-13/h11-13H,4-10H2,1-3H3,(H,16,20)(H,18,19). The summed E-state index contributed by atoms with van der Waals surface area (Å²) in [4.78, 5) is 24.4. The highest BCUT2D eigenvalue weighted by Gasteiger charge is 2.22. The Kier molecular flexibility index (Phi) is 6.82. The van der Waals surface area contributed by atoms with E-state index in [-0.39, 0.29) is 25.0 Å². The average molecular weight is 284 g/mol. The molecule has 5 heteroatoms. The molecule has 1 saturated carbocycles. The molecule has 2 unspecified atom stereocenters. The Hall–Kier alpha value is -1.26. The van der Waals surface area contributed by atoms with Crippen molar-refractivity contribution in [3.05, 3.63) is 0 Å². The molecule has 2 amide bonds. The summed E-state index contributed by atoms with van der Waals surface area (Å²) in [5.41, 5.74) is 0. The minimum atomic E-state index is -0.871. The molecule has 1 aliphatic rings. The van der Waals surface area contributed by atoms with E-state index in [1.54, 1.807) is 4.90 Å². The number of carboxylic acid groups (broad SMARTS) is 1. The van der Waals surface area contributed by atoms with Crippen molar-refractivity contribution in [3.8, 4) is 0 Å². The fraction of sp³-hybridized carbons (Fsp3) is 0.867. The lowest BCUT2D eigenvalue weighted by Gasteiger charge is -2.30. The van der Waals surface area contributed by atoms with E-state index in [2.05, 4.69) is 12.2 Å². The Bertz CT molecular complexity index is 331. The Morgan fingerprint density at radius 2 is 2.05 bits per heavy atom. The van der Waals surface area contributed by atoms with E-state index in [0.29, 0.717) is 12.5 Å². The smallest absolute Gasteiger partial charge is 0.317 e. The molecule has 2 N–H and O–H groups in total. The maximum Gasteiger partial charge on any atom is 0.317 e. The van der Waals surface area contributed by atoms with Crippen molar-refractivity contribution >= 4 is 12.0 Å². The molecule has 0 aromatic rings. The van der Waals surface area contributed by atoms with Crippen LogP contribution in [0.1, 0.15) is 52.9 Å². The first-order chi connectivity index (χ1) is 9.40. The Labute approximate surface area is 121 Å². The second kappa shape index (κ2) is 8.12. The van der Waals surface area contributed by atoms with E-state index in [1.807, 2.05) is 13.8 Å². The molecule has 0 aromatic heterocycles. The lowest BCUT2D eigenvalue weighted by molar-refractivity contribution is -0.137. The van der Waals surface area contributed by atoms with Crippen molar-refractivity contribution in [3.63, 3.8) is 0 Å². The van der Waals surface area contributed by atoms with Crippen LogP contribution in [0.15, 0.2) is 0 Å². The summed E-state index contributed by atoms with van der Waals surface area (Å²) in [6.45, 7) is 7.05. The largest absolute Gasteiger partial charge is 0.481 e. The summed E-state index contributed by atoms with van der Waals surface area (Å²) in [6.07, 6.45) is 4.89. The van der Waals surface area contributed by atoms with Gasteiger partial charge in [-0.15, -0.1) is 0 Å². The van der Waals surface area contributed by atoms with Crippen LogP contribution in [0.3, 0.4) is 0 Å². The number of hydrogen-bond acceptors (Lipinski definition) is 2. The average Bonchev–Trinajstić information content (AvgIpc) is 2.36. The van der Waals surface area contributed by atoms with E-state index in [9.17, 15) is 9.59 Å². The third-order valence-corrected chi connectivity index (χ3v) is 4.04. The van der Waals surface area contributed by atoms with Crippen molar-refractivity contribution in [1.29, 1.82) is 0 Å². The highest BCUT2D eigenvalue weighted by atomic mass is 16.4. The number of rotatable bonds is 6. The van der Waals surface area contributed by atoms with E-state index < -0.39 is 5.97 Å². The zero-order valence-corrected chi connectivity index (χ0v) is 12.9. The molecular formula is C15H28N2O3. The van der Waals surface area contributed by atoms with Gasteiger partial charge in [0.25, 0.3) is 0 Å². The molecule has 0 heterocycles. The lowest BCUT2D eigenvalue weighted by Crippen LogP contribution is -2.46. The van der Waals surface area contributed by atoms with E-state index in [0.717, 1.165) is 5.92 Å². The van der Waals surface area contributed by atoms with Crippen molar-refractivity contribution in [2.24, 2.45) is 11.8 Å². The van der Waals surface area contributed by atoms with Gasteiger partial charge < -0.3 is 15.3 Å². The van der Waals surface area contributed by atoms with E-state index in [1.165, 1.54) is 25.7 Å². The van der Waals surface area contributed by atoms with Gasteiger partial charge in [-0.3, -0.25) is 4.79 Å². The number of carbonyl (C=O) groups is 2. The molecule has 0 radical (unpaired) electrons. The van der Waals surface area contributed by atoms with Crippen LogP contribution in [0.25, 0.3) is 0 Å². The number of amides is 2. The number of aliphatic carboxylic acids is 1. The monoisotopic (exact) mass is 284 g/mol. The van der Waals surface area contributed by atoms with Gasteiger partial charge in [-0.25, -0.2) is 4.79 Å². The summed E-state index contributed by atoms with van der Waals surface area (Å²) in [5.74, 6) is 0.444.